The Hall–Kier alpha value is -5.00. The number of carbonyl (C=O) groups excluding carboxylic acids is 3. The number of sulfonamides is 1. The van der Waals surface area contributed by atoms with Crippen LogP contribution in [0.1, 0.15) is 39.0 Å². The number of nitrogens with zero attached hydrogens (tertiary/aromatic N) is 1. The Morgan fingerprint density at radius 1 is 0.830 bits per heavy atom. The highest BCUT2D eigenvalue weighted by atomic mass is 32.2. The van der Waals surface area contributed by atoms with Gasteiger partial charge >= 0.3 is 0 Å². The van der Waals surface area contributed by atoms with Crippen molar-refractivity contribution in [3.05, 3.63) is 125 Å². The predicted molar refractivity (Wildman–Crippen MR) is 184 cm³/mol. The van der Waals surface area contributed by atoms with Gasteiger partial charge < -0.3 is 20.7 Å². The number of nitrogens with two attached hydrogens (primary N) is 1. The number of hydrogen-bond donors (Lipinski definition) is 3. The van der Waals surface area contributed by atoms with Crippen LogP contribution >= 0.6 is 0 Å². The molecule has 0 spiro atoms. The van der Waals surface area contributed by atoms with E-state index in [0.717, 1.165) is 24.1 Å². The average molecular weight is 659 g/mol. The number of anilines is 1. The summed E-state index contributed by atoms with van der Waals surface area (Å²) in [5.74, 6) is -0.240. The predicted octanol–water partition coefficient (Wildman–Crippen LogP) is 4.36. The molecule has 0 atom stereocenters. The standard InChI is InChI=1S/C20H27N3O3S.C16H15NO3/c1-16-14-18(22-27(25,26)19-8-5-4-6-9-19)11-10-17(16)15-20(24)21-12-7-13-23(2)3;1-20-16-12(10-14(17)18)8-5-9-13(16)15(19)11-6-3-2-4-7-11/h4-6,8-11,14,22H,7,12-13,15H2,1-3H3,(H,21,24);2-9H,10H2,1H3,(H2,17,18). The second-order valence-corrected chi connectivity index (χ2v) is 12.8. The molecular formula is C36H42N4O6S. The van der Waals surface area contributed by atoms with Crippen LogP contribution in [0.4, 0.5) is 5.69 Å². The van der Waals surface area contributed by atoms with E-state index in [1.807, 2.05) is 27.1 Å². The molecule has 4 rings (SSSR count). The molecule has 47 heavy (non-hydrogen) atoms. The third-order valence-corrected chi connectivity index (χ3v) is 8.45. The number of nitrogens with one attached hydrogen (secondary N) is 2. The molecule has 0 aliphatic carbocycles. The number of primary amides is 1. The summed E-state index contributed by atoms with van der Waals surface area (Å²) in [5.41, 5.74) is 9.04. The minimum atomic E-state index is -3.62. The summed E-state index contributed by atoms with van der Waals surface area (Å²) in [5, 5.41) is 2.91. The topological polar surface area (TPSA) is 148 Å². The van der Waals surface area contributed by atoms with Crippen LogP contribution in [0, 0.1) is 6.92 Å². The van der Waals surface area contributed by atoms with E-state index < -0.39 is 15.9 Å². The fourth-order valence-corrected chi connectivity index (χ4v) is 5.78. The Bertz CT molecular complexity index is 1760. The summed E-state index contributed by atoms with van der Waals surface area (Å²) in [6.45, 7) is 3.44. The van der Waals surface area contributed by atoms with Crippen LogP contribution in [0.2, 0.25) is 0 Å². The van der Waals surface area contributed by atoms with E-state index in [9.17, 15) is 22.8 Å². The number of ketones is 1. The zero-order valence-electron chi connectivity index (χ0n) is 27.2. The van der Waals surface area contributed by atoms with Gasteiger partial charge in [0.15, 0.2) is 5.78 Å². The molecular weight excluding hydrogens is 616 g/mol. The van der Waals surface area contributed by atoms with E-state index in [2.05, 4.69) is 14.9 Å². The zero-order valence-corrected chi connectivity index (χ0v) is 28.0. The third-order valence-electron chi connectivity index (χ3n) is 7.05. The Labute approximate surface area is 277 Å². The van der Waals surface area contributed by atoms with Crippen molar-refractivity contribution in [1.29, 1.82) is 0 Å². The van der Waals surface area contributed by atoms with Crippen LogP contribution in [-0.2, 0) is 32.5 Å². The van der Waals surface area contributed by atoms with Crippen molar-refractivity contribution in [2.24, 2.45) is 5.73 Å². The van der Waals surface area contributed by atoms with Gasteiger partial charge in [-0.2, -0.15) is 0 Å². The maximum atomic E-state index is 12.5. The molecule has 0 radical (unpaired) electrons. The van der Waals surface area contributed by atoms with Crippen LogP contribution in [0.3, 0.4) is 0 Å². The number of methoxy groups -OCH3 is 1. The number of benzene rings is 4. The molecule has 0 heterocycles. The van der Waals surface area contributed by atoms with Gasteiger partial charge in [-0.15, -0.1) is 0 Å². The van der Waals surface area contributed by atoms with Crippen LogP contribution in [0.15, 0.2) is 102 Å². The smallest absolute Gasteiger partial charge is 0.261 e. The first kappa shape index (κ1) is 36.5. The summed E-state index contributed by atoms with van der Waals surface area (Å²) < 4.78 is 32.6. The van der Waals surface area contributed by atoms with Crippen molar-refractivity contribution in [1.82, 2.24) is 10.2 Å². The van der Waals surface area contributed by atoms with Gasteiger partial charge in [0.25, 0.3) is 10.0 Å². The molecule has 10 nitrogen and oxygen atoms in total. The Morgan fingerprint density at radius 2 is 1.49 bits per heavy atom. The van der Waals surface area contributed by atoms with E-state index in [0.29, 0.717) is 34.7 Å². The zero-order chi connectivity index (χ0) is 34.4. The van der Waals surface area contributed by atoms with Gasteiger partial charge in [-0.3, -0.25) is 19.1 Å². The molecule has 4 aromatic carbocycles. The molecule has 4 aromatic rings. The summed E-state index contributed by atoms with van der Waals surface area (Å²) >= 11 is 0. The van der Waals surface area contributed by atoms with Gasteiger partial charge in [0.2, 0.25) is 11.8 Å². The number of ether oxygens (including phenoxy) is 1. The van der Waals surface area contributed by atoms with Crippen LogP contribution < -0.4 is 20.5 Å². The first-order chi connectivity index (χ1) is 22.4. The minimum Gasteiger partial charge on any atom is -0.496 e. The second kappa shape index (κ2) is 17.6. The van der Waals surface area contributed by atoms with E-state index in [1.165, 1.54) is 7.11 Å². The van der Waals surface area contributed by atoms with Gasteiger partial charge in [-0.05, 0) is 75.4 Å². The summed E-state index contributed by atoms with van der Waals surface area (Å²) in [7, 11) is 1.85. The first-order valence-electron chi connectivity index (χ1n) is 15.0. The van der Waals surface area contributed by atoms with Crippen molar-refractivity contribution in [2.45, 2.75) is 31.1 Å². The second-order valence-electron chi connectivity index (χ2n) is 11.1. The van der Waals surface area contributed by atoms with Crippen LogP contribution in [-0.4, -0.2) is 65.2 Å². The fourth-order valence-electron chi connectivity index (χ4n) is 4.71. The van der Waals surface area contributed by atoms with Crippen molar-refractivity contribution in [3.8, 4) is 5.75 Å². The molecule has 0 aliphatic rings. The number of rotatable bonds is 14. The summed E-state index contributed by atoms with van der Waals surface area (Å²) in [4.78, 5) is 37.9. The first-order valence-corrected chi connectivity index (χ1v) is 16.5. The lowest BCUT2D eigenvalue weighted by Crippen LogP contribution is -2.28. The van der Waals surface area contributed by atoms with Crippen LogP contribution in [0.5, 0.6) is 5.75 Å². The highest BCUT2D eigenvalue weighted by Crippen LogP contribution is 2.27. The van der Waals surface area contributed by atoms with Crippen molar-refractivity contribution in [2.75, 3.05) is 39.0 Å². The minimum absolute atomic E-state index is 0.0329. The maximum absolute atomic E-state index is 12.5. The van der Waals surface area contributed by atoms with E-state index in [4.69, 9.17) is 10.5 Å². The molecule has 0 aliphatic heterocycles. The quantitative estimate of drug-likeness (QED) is 0.135. The lowest BCUT2D eigenvalue weighted by molar-refractivity contribution is -0.120. The third kappa shape index (κ3) is 11.4. The fraction of sp³-hybridized carbons (Fsp3) is 0.250. The molecule has 248 valence electrons. The van der Waals surface area contributed by atoms with Crippen molar-refractivity contribution >= 4 is 33.3 Å². The Kier molecular flexibility index (Phi) is 13.7. The molecule has 11 heteroatoms. The molecule has 0 unspecified atom stereocenters. The molecule has 0 aromatic heterocycles. The van der Waals surface area contributed by atoms with Gasteiger partial charge in [-0.1, -0.05) is 66.7 Å². The number of hydrogen-bond acceptors (Lipinski definition) is 7. The number of para-hydroxylation sites is 1. The molecule has 0 fully saturated rings. The monoisotopic (exact) mass is 658 g/mol. The van der Waals surface area contributed by atoms with Crippen molar-refractivity contribution in [3.63, 3.8) is 0 Å². The molecule has 0 bridgehead atoms. The van der Waals surface area contributed by atoms with E-state index >= 15 is 0 Å². The number of aryl methyl sites for hydroxylation is 1. The Morgan fingerprint density at radius 3 is 2.09 bits per heavy atom. The molecule has 0 saturated carbocycles. The number of carbonyl (C=O) groups is 3. The van der Waals surface area contributed by atoms with Gasteiger partial charge in [0.1, 0.15) is 5.75 Å². The summed E-state index contributed by atoms with van der Waals surface area (Å²) in [6, 6.07) is 27.5. The average Bonchev–Trinajstić information content (AvgIpc) is 3.04. The molecule has 4 N–H and O–H groups in total. The largest absolute Gasteiger partial charge is 0.496 e. The van der Waals surface area contributed by atoms with Crippen LogP contribution in [0.25, 0.3) is 0 Å². The molecule has 0 saturated heterocycles. The van der Waals surface area contributed by atoms with Gasteiger partial charge in [0.05, 0.1) is 30.4 Å². The Balaban J connectivity index is 0.000000267. The van der Waals surface area contributed by atoms with Gasteiger partial charge in [0, 0.05) is 23.4 Å². The maximum Gasteiger partial charge on any atom is 0.261 e. The molecule has 2 amide bonds. The van der Waals surface area contributed by atoms with E-state index in [1.54, 1.807) is 91.0 Å². The lowest BCUT2D eigenvalue weighted by atomic mass is 9.98. The number of amides is 2. The summed E-state index contributed by atoms with van der Waals surface area (Å²) in [6.07, 6.45) is 1.22. The van der Waals surface area contributed by atoms with Crippen molar-refractivity contribution < 1.29 is 27.5 Å². The highest BCUT2D eigenvalue weighted by Gasteiger charge is 2.18. The highest BCUT2D eigenvalue weighted by molar-refractivity contribution is 7.92. The SMILES string of the molecule is COc1c(CC(N)=O)cccc1C(=O)c1ccccc1.Cc1cc(NS(=O)(=O)c2ccccc2)ccc1CC(=O)NCCCN(C)C. The van der Waals surface area contributed by atoms with E-state index in [-0.39, 0.29) is 29.4 Å². The lowest BCUT2D eigenvalue weighted by Gasteiger charge is -2.12. The normalized spacial score (nSPS) is 10.8. The van der Waals surface area contributed by atoms with Gasteiger partial charge in [-0.25, -0.2) is 8.42 Å².